The van der Waals surface area contributed by atoms with Crippen molar-refractivity contribution in [1.82, 2.24) is 5.32 Å². The van der Waals surface area contributed by atoms with Gasteiger partial charge in [-0.05, 0) is 24.3 Å². The molecule has 1 saturated carbocycles. The van der Waals surface area contributed by atoms with Crippen LogP contribution in [0.25, 0.3) is 10.4 Å². The number of azide groups is 1. The van der Waals surface area contributed by atoms with Gasteiger partial charge in [0.1, 0.15) is 0 Å². The van der Waals surface area contributed by atoms with Crippen LogP contribution < -0.4 is 5.32 Å². The molecule has 84 valence electrons. The highest BCUT2D eigenvalue weighted by atomic mass is 16.4. The summed E-state index contributed by atoms with van der Waals surface area (Å²) in [4.78, 5) is 13.2. The Labute approximate surface area is 88.3 Å². The van der Waals surface area contributed by atoms with Gasteiger partial charge in [-0.25, -0.2) is 4.79 Å². The molecule has 1 aliphatic carbocycles. The second kappa shape index (κ2) is 6.14. The number of nitrogens with zero attached hydrogens (tertiary/aromatic N) is 3. The van der Waals surface area contributed by atoms with Crippen LogP contribution in [0.2, 0.25) is 0 Å². The van der Waals surface area contributed by atoms with Crippen molar-refractivity contribution in [3.05, 3.63) is 10.4 Å². The molecule has 1 atom stereocenters. The number of carbonyl (C=O) groups is 1. The molecule has 2 N–H and O–H groups in total. The predicted octanol–water partition coefficient (Wildman–Crippen LogP) is 2.51. The summed E-state index contributed by atoms with van der Waals surface area (Å²) in [5.74, 6) is 0.320. The van der Waals surface area contributed by atoms with Crippen molar-refractivity contribution < 1.29 is 9.90 Å². The first-order valence-corrected chi connectivity index (χ1v) is 5.24. The maximum Gasteiger partial charge on any atom is 0.404 e. The third-order valence-corrected chi connectivity index (χ3v) is 2.87. The molecule has 1 unspecified atom stereocenters. The molecule has 15 heavy (non-hydrogen) atoms. The molecular weight excluding hydrogens is 196 g/mol. The Balaban J connectivity index is 2.52. The second-order valence-corrected chi connectivity index (χ2v) is 3.87. The molecule has 0 aromatic heterocycles. The quantitative estimate of drug-likeness (QED) is 0.425. The summed E-state index contributed by atoms with van der Waals surface area (Å²) in [6, 6.07) is -0.223. The zero-order valence-electron chi connectivity index (χ0n) is 8.59. The van der Waals surface area contributed by atoms with E-state index in [9.17, 15) is 4.79 Å². The van der Waals surface area contributed by atoms with Gasteiger partial charge in [-0.1, -0.05) is 24.4 Å². The van der Waals surface area contributed by atoms with Crippen LogP contribution in [0, 0.1) is 5.92 Å². The lowest BCUT2D eigenvalue weighted by Gasteiger charge is -2.28. The van der Waals surface area contributed by atoms with Crippen molar-refractivity contribution in [1.29, 1.82) is 0 Å². The van der Waals surface area contributed by atoms with Gasteiger partial charge in [0, 0.05) is 17.5 Å². The van der Waals surface area contributed by atoms with Crippen LogP contribution in [0.15, 0.2) is 5.11 Å². The maximum atomic E-state index is 10.6. The lowest BCUT2D eigenvalue weighted by molar-refractivity contribution is 0.179. The number of rotatable bonds is 4. The highest BCUT2D eigenvalue weighted by Gasteiger charge is 2.24. The second-order valence-electron chi connectivity index (χ2n) is 3.87. The number of hydrogen-bond donors (Lipinski definition) is 2. The van der Waals surface area contributed by atoms with Crippen molar-refractivity contribution >= 4 is 6.09 Å². The fourth-order valence-corrected chi connectivity index (χ4v) is 2.13. The fourth-order valence-electron chi connectivity index (χ4n) is 2.13. The Kier molecular flexibility index (Phi) is 4.77. The van der Waals surface area contributed by atoms with Gasteiger partial charge < -0.3 is 10.4 Å². The smallest absolute Gasteiger partial charge is 0.404 e. The van der Waals surface area contributed by atoms with E-state index in [1.54, 1.807) is 0 Å². The summed E-state index contributed by atoms with van der Waals surface area (Å²) < 4.78 is 0. The molecule has 0 saturated heterocycles. The van der Waals surface area contributed by atoms with E-state index in [2.05, 4.69) is 15.3 Å². The summed E-state index contributed by atoms with van der Waals surface area (Å²) in [5.41, 5.74) is 8.23. The topological polar surface area (TPSA) is 98.1 Å². The van der Waals surface area contributed by atoms with Crippen LogP contribution in [0.5, 0.6) is 0 Å². The fraction of sp³-hybridized carbons (Fsp3) is 0.889. The van der Waals surface area contributed by atoms with Gasteiger partial charge >= 0.3 is 6.09 Å². The third kappa shape index (κ3) is 4.08. The molecule has 1 amide bonds. The Morgan fingerprint density at radius 1 is 1.53 bits per heavy atom. The van der Waals surface area contributed by atoms with Crippen LogP contribution in [0.1, 0.15) is 32.1 Å². The van der Waals surface area contributed by atoms with Crippen molar-refractivity contribution in [3.8, 4) is 0 Å². The molecule has 0 bridgehead atoms. The molecule has 1 aliphatic rings. The number of hydrogen-bond acceptors (Lipinski definition) is 2. The summed E-state index contributed by atoms with van der Waals surface area (Å²) in [5, 5.41) is 14.6. The summed E-state index contributed by atoms with van der Waals surface area (Å²) in [6.45, 7) is 0.216. The van der Waals surface area contributed by atoms with Crippen LogP contribution in [0.3, 0.4) is 0 Å². The largest absolute Gasteiger partial charge is 0.465 e. The summed E-state index contributed by atoms with van der Waals surface area (Å²) in [6.07, 6.45) is 4.49. The van der Waals surface area contributed by atoms with E-state index in [1.807, 2.05) is 0 Å². The minimum Gasteiger partial charge on any atom is -0.465 e. The van der Waals surface area contributed by atoms with Crippen LogP contribution >= 0.6 is 0 Å². The average Bonchev–Trinajstić information content (AvgIpc) is 2.25. The van der Waals surface area contributed by atoms with Crippen LogP contribution in [-0.4, -0.2) is 23.8 Å². The first-order valence-electron chi connectivity index (χ1n) is 5.24. The van der Waals surface area contributed by atoms with E-state index in [0.717, 1.165) is 25.7 Å². The maximum absolute atomic E-state index is 10.6. The van der Waals surface area contributed by atoms with Gasteiger partial charge in [0.05, 0.1) is 0 Å². The zero-order chi connectivity index (χ0) is 11.1. The number of carboxylic acid groups (broad SMARTS) is 1. The number of nitrogens with one attached hydrogen (secondary N) is 1. The lowest BCUT2D eigenvalue weighted by Crippen LogP contribution is -2.42. The van der Waals surface area contributed by atoms with E-state index in [0.29, 0.717) is 5.92 Å². The van der Waals surface area contributed by atoms with Gasteiger partial charge in [-0.2, -0.15) is 0 Å². The van der Waals surface area contributed by atoms with Gasteiger partial charge in [0.2, 0.25) is 0 Å². The Bertz CT molecular complexity index is 253. The van der Waals surface area contributed by atoms with Gasteiger partial charge in [0.25, 0.3) is 0 Å². The Morgan fingerprint density at radius 2 is 2.20 bits per heavy atom. The van der Waals surface area contributed by atoms with E-state index in [-0.39, 0.29) is 12.6 Å². The van der Waals surface area contributed by atoms with Gasteiger partial charge in [-0.3, -0.25) is 0 Å². The van der Waals surface area contributed by atoms with Gasteiger partial charge in [-0.15, -0.1) is 0 Å². The third-order valence-electron chi connectivity index (χ3n) is 2.87. The summed E-state index contributed by atoms with van der Waals surface area (Å²) in [7, 11) is 0. The normalized spacial score (nSPS) is 18.9. The molecule has 0 aromatic carbocycles. The molecule has 1 rings (SSSR count). The van der Waals surface area contributed by atoms with Crippen LogP contribution in [0.4, 0.5) is 4.79 Å². The molecule has 0 aliphatic heterocycles. The van der Waals surface area contributed by atoms with E-state index in [1.165, 1.54) is 6.42 Å². The molecule has 1 fully saturated rings. The lowest BCUT2D eigenvalue weighted by atomic mass is 9.84. The zero-order valence-corrected chi connectivity index (χ0v) is 8.59. The standard InChI is InChI=1S/C9H16N4O2/c10-13-11-6-8(12-9(14)15)7-4-2-1-3-5-7/h7-8,12H,1-6H2,(H,14,15). The van der Waals surface area contributed by atoms with Crippen molar-refractivity contribution in [2.45, 2.75) is 38.1 Å². The van der Waals surface area contributed by atoms with Crippen molar-refractivity contribution in [2.24, 2.45) is 11.0 Å². The highest BCUT2D eigenvalue weighted by molar-refractivity contribution is 5.64. The minimum absolute atomic E-state index is 0.216. The molecule has 6 heteroatoms. The van der Waals surface area contributed by atoms with E-state index in [4.69, 9.17) is 10.6 Å². The predicted molar refractivity (Wildman–Crippen MR) is 55.5 cm³/mol. The first-order chi connectivity index (χ1) is 7.24. The monoisotopic (exact) mass is 212 g/mol. The SMILES string of the molecule is [N-]=[N+]=NCC(NC(=O)O)C1CCCCC1. The molecule has 0 heterocycles. The van der Waals surface area contributed by atoms with E-state index >= 15 is 0 Å². The van der Waals surface area contributed by atoms with Crippen LogP contribution in [-0.2, 0) is 0 Å². The highest BCUT2D eigenvalue weighted by Crippen LogP contribution is 2.26. The van der Waals surface area contributed by atoms with Crippen molar-refractivity contribution in [3.63, 3.8) is 0 Å². The van der Waals surface area contributed by atoms with E-state index < -0.39 is 6.09 Å². The molecule has 0 aromatic rings. The molecule has 0 spiro atoms. The number of amides is 1. The van der Waals surface area contributed by atoms with Gasteiger partial charge in [0.15, 0.2) is 0 Å². The Morgan fingerprint density at radius 3 is 2.73 bits per heavy atom. The minimum atomic E-state index is -1.04. The molecule has 6 nitrogen and oxygen atoms in total. The summed E-state index contributed by atoms with van der Waals surface area (Å²) >= 11 is 0. The average molecular weight is 212 g/mol. The first kappa shape index (κ1) is 11.7. The molecule has 0 radical (unpaired) electrons. The molecular formula is C9H16N4O2. The Hall–Kier alpha value is -1.42. The van der Waals surface area contributed by atoms with Crippen molar-refractivity contribution in [2.75, 3.05) is 6.54 Å².